The van der Waals surface area contributed by atoms with Gasteiger partial charge in [-0.15, -0.1) is 0 Å². The van der Waals surface area contributed by atoms with Gasteiger partial charge in [0.05, 0.1) is 6.54 Å². The molecule has 0 bridgehead atoms. The van der Waals surface area contributed by atoms with E-state index in [4.69, 9.17) is 4.74 Å². The fraction of sp³-hybridized carbons (Fsp3) is 0.462. The molecule has 0 fully saturated rings. The number of benzene rings is 1. The van der Waals surface area contributed by atoms with Gasteiger partial charge in [0.25, 0.3) is 0 Å². The summed E-state index contributed by atoms with van der Waals surface area (Å²) < 4.78 is 6.15. The summed E-state index contributed by atoms with van der Waals surface area (Å²) in [6.07, 6.45) is -1.44. The van der Waals surface area contributed by atoms with Gasteiger partial charge in [-0.25, -0.2) is 4.79 Å². The molecule has 0 spiro atoms. The summed E-state index contributed by atoms with van der Waals surface area (Å²) in [6, 6.07) is 5.61. The Morgan fingerprint density at radius 2 is 2.17 bits per heavy atom. The Kier molecular flexibility index (Phi) is 3.38. The first-order chi connectivity index (χ1) is 8.28. The number of carbonyl (C=O) groups is 1. The highest BCUT2D eigenvalue weighted by atomic mass is 79.9. The second kappa shape index (κ2) is 4.55. The number of hydrogen-bond donors (Lipinski definition) is 1. The summed E-state index contributed by atoms with van der Waals surface area (Å²) in [7, 11) is 0. The number of aliphatic hydroxyl groups is 1. The van der Waals surface area contributed by atoms with Crippen molar-refractivity contribution in [3.63, 3.8) is 0 Å². The van der Waals surface area contributed by atoms with E-state index in [-0.39, 0.29) is 0 Å². The van der Waals surface area contributed by atoms with Crippen LogP contribution >= 0.6 is 15.9 Å². The molecule has 0 saturated carbocycles. The van der Waals surface area contributed by atoms with E-state index >= 15 is 0 Å². The Hall–Kier alpha value is -1.07. The monoisotopic (exact) mass is 313 g/mol. The maximum Gasteiger partial charge on any atom is 0.412 e. The van der Waals surface area contributed by atoms with E-state index in [1.807, 2.05) is 18.2 Å². The quantitative estimate of drug-likeness (QED) is 0.800. The summed E-state index contributed by atoms with van der Waals surface area (Å²) in [6.45, 7) is 5.78. The number of rotatable bonds is 0. The van der Waals surface area contributed by atoms with Crippen LogP contribution in [-0.4, -0.2) is 21.7 Å². The minimum Gasteiger partial charge on any atom is -0.444 e. The molecule has 1 aromatic rings. The summed E-state index contributed by atoms with van der Waals surface area (Å²) in [4.78, 5) is 13.3. The van der Waals surface area contributed by atoms with Gasteiger partial charge in [-0.1, -0.05) is 22.0 Å². The van der Waals surface area contributed by atoms with Crippen LogP contribution in [-0.2, 0) is 11.3 Å². The molecule has 1 atom stereocenters. The predicted molar refractivity (Wildman–Crippen MR) is 70.9 cm³/mol. The zero-order chi connectivity index (χ0) is 13.5. The van der Waals surface area contributed by atoms with Gasteiger partial charge in [0.1, 0.15) is 5.60 Å². The predicted octanol–water partition coefficient (Wildman–Crippen LogP) is 3.19. The number of amides is 1. The molecule has 5 heteroatoms. The van der Waals surface area contributed by atoms with E-state index in [2.05, 4.69) is 15.9 Å². The molecule has 2 rings (SSSR count). The van der Waals surface area contributed by atoms with Crippen molar-refractivity contribution >= 4 is 22.0 Å². The van der Waals surface area contributed by atoms with Crippen LogP contribution in [0.5, 0.6) is 0 Å². The molecular formula is C13H16BrNO3. The first-order valence-electron chi connectivity index (χ1n) is 5.74. The highest BCUT2D eigenvalue weighted by Crippen LogP contribution is 2.34. The number of halogens is 1. The lowest BCUT2D eigenvalue weighted by Gasteiger charge is -2.26. The zero-order valence-corrected chi connectivity index (χ0v) is 12.2. The third-order valence-corrected chi connectivity index (χ3v) is 3.14. The van der Waals surface area contributed by atoms with Gasteiger partial charge < -0.3 is 9.84 Å². The molecule has 0 aliphatic carbocycles. The van der Waals surface area contributed by atoms with E-state index in [0.717, 1.165) is 15.6 Å². The molecule has 98 valence electrons. The summed E-state index contributed by atoms with van der Waals surface area (Å²) in [5, 5.41) is 10.1. The second-order valence-corrected chi connectivity index (χ2v) is 6.24. The van der Waals surface area contributed by atoms with Crippen LogP contribution in [0.1, 0.15) is 38.1 Å². The van der Waals surface area contributed by atoms with Crippen LogP contribution in [0.3, 0.4) is 0 Å². The Bertz CT molecular complexity index is 482. The third-order valence-electron chi connectivity index (χ3n) is 2.65. The molecule has 0 aromatic heterocycles. The van der Waals surface area contributed by atoms with Crippen molar-refractivity contribution in [1.29, 1.82) is 0 Å². The van der Waals surface area contributed by atoms with Gasteiger partial charge in [0, 0.05) is 10.0 Å². The van der Waals surface area contributed by atoms with E-state index < -0.39 is 17.9 Å². The maximum atomic E-state index is 12.0. The molecule has 1 N–H and O–H groups in total. The second-order valence-electron chi connectivity index (χ2n) is 5.33. The van der Waals surface area contributed by atoms with Crippen LogP contribution < -0.4 is 0 Å². The van der Waals surface area contributed by atoms with Gasteiger partial charge in [-0.05, 0) is 38.5 Å². The lowest BCUT2D eigenvalue weighted by Crippen LogP contribution is -2.35. The number of carbonyl (C=O) groups excluding carboxylic acids is 1. The van der Waals surface area contributed by atoms with E-state index in [9.17, 15) is 9.90 Å². The normalized spacial score (nSPS) is 18.7. The highest BCUT2D eigenvalue weighted by Gasteiger charge is 2.34. The van der Waals surface area contributed by atoms with Gasteiger partial charge in [0.2, 0.25) is 0 Å². The Morgan fingerprint density at radius 3 is 2.78 bits per heavy atom. The third kappa shape index (κ3) is 2.67. The molecule has 1 aliphatic heterocycles. The van der Waals surface area contributed by atoms with Gasteiger partial charge in [-0.3, -0.25) is 4.90 Å². The molecule has 1 heterocycles. The Balaban J connectivity index is 2.19. The topological polar surface area (TPSA) is 49.8 Å². The smallest absolute Gasteiger partial charge is 0.412 e. The molecule has 0 radical (unpaired) electrons. The fourth-order valence-corrected chi connectivity index (χ4v) is 2.25. The number of ether oxygens (including phenoxy) is 1. The molecular weight excluding hydrogens is 298 g/mol. The summed E-state index contributed by atoms with van der Waals surface area (Å²) >= 11 is 3.35. The summed E-state index contributed by atoms with van der Waals surface area (Å²) in [5.74, 6) is 0. The minimum atomic E-state index is -0.938. The number of hydrogen-bond acceptors (Lipinski definition) is 3. The van der Waals surface area contributed by atoms with E-state index in [0.29, 0.717) is 6.54 Å². The molecule has 1 aromatic carbocycles. The van der Waals surface area contributed by atoms with Crippen LogP contribution in [0.15, 0.2) is 22.7 Å². The SMILES string of the molecule is CC(C)(C)OC(=O)N1Cc2ccc(Br)cc2C1O. The van der Waals surface area contributed by atoms with Gasteiger partial charge in [-0.2, -0.15) is 0 Å². The van der Waals surface area contributed by atoms with Crippen molar-refractivity contribution in [1.82, 2.24) is 4.90 Å². The first-order valence-corrected chi connectivity index (χ1v) is 6.53. The van der Waals surface area contributed by atoms with Crippen LogP contribution in [0.25, 0.3) is 0 Å². The summed E-state index contributed by atoms with van der Waals surface area (Å²) in [5.41, 5.74) is 1.12. The van der Waals surface area contributed by atoms with Gasteiger partial charge >= 0.3 is 6.09 Å². The van der Waals surface area contributed by atoms with Crippen molar-refractivity contribution in [2.45, 2.75) is 39.1 Å². The lowest BCUT2D eigenvalue weighted by atomic mass is 10.1. The van der Waals surface area contributed by atoms with Gasteiger partial charge in [0.15, 0.2) is 6.23 Å². The average molecular weight is 314 g/mol. The molecule has 4 nitrogen and oxygen atoms in total. The van der Waals surface area contributed by atoms with E-state index in [1.54, 1.807) is 20.8 Å². The highest BCUT2D eigenvalue weighted by molar-refractivity contribution is 9.10. The molecule has 1 aliphatic rings. The molecule has 0 saturated heterocycles. The Labute approximate surface area is 115 Å². The number of nitrogens with zero attached hydrogens (tertiary/aromatic N) is 1. The minimum absolute atomic E-state index is 0.374. The van der Waals surface area contributed by atoms with Crippen LogP contribution in [0.4, 0.5) is 4.79 Å². The molecule has 1 amide bonds. The van der Waals surface area contributed by atoms with E-state index in [1.165, 1.54) is 4.90 Å². The Morgan fingerprint density at radius 1 is 1.50 bits per heavy atom. The molecule has 18 heavy (non-hydrogen) atoms. The van der Waals surface area contributed by atoms with Crippen LogP contribution in [0.2, 0.25) is 0 Å². The number of aliphatic hydroxyl groups excluding tert-OH is 1. The zero-order valence-electron chi connectivity index (χ0n) is 10.6. The van der Waals surface area contributed by atoms with Crippen molar-refractivity contribution in [3.05, 3.63) is 33.8 Å². The van der Waals surface area contributed by atoms with Crippen molar-refractivity contribution in [2.24, 2.45) is 0 Å². The van der Waals surface area contributed by atoms with Crippen LogP contribution in [0, 0.1) is 0 Å². The largest absolute Gasteiger partial charge is 0.444 e. The standard InChI is InChI=1S/C13H16BrNO3/c1-13(2,3)18-12(17)15-7-8-4-5-9(14)6-10(8)11(15)16/h4-6,11,16H,7H2,1-3H3. The lowest BCUT2D eigenvalue weighted by molar-refractivity contribution is -0.0257. The molecule has 1 unspecified atom stereocenters. The average Bonchev–Trinajstić information content (AvgIpc) is 2.54. The van der Waals surface area contributed by atoms with Crippen molar-refractivity contribution < 1.29 is 14.6 Å². The fourth-order valence-electron chi connectivity index (χ4n) is 1.87. The first kappa shape index (κ1) is 13.4. The maximum absolute atomic E-state index is 12.0. The number of fused-ring (bicyclic) bond motifs is 1. The van der Waals surface area contributed by atoms with Crippen molar-refractivity contribution in [3.8, 4) is 0 Å². The van der Waals surface area contributed by atoms with Crippen molar-refractivity contribution in [2.75, 3.05) is 0 Å².